The SMILES string of the molecule is CCC(C)O/C(C)=C(/C)OC/C=C(/C)CCC=C(C)C. The lowest BCUT2D eigenvalue weighted by Crippen LogP contribution is -2.06. The normalized spacial score (nSPS) is 14.4. The zero-order valence-corrected chi connectivity index (χ0v) is 14.4. The summed E-state index contributed by atoms with van der Waals surface area (Å²) in [6, 6.07) is 0. The Morgan fingerprint density at radius 2 is 1.65 bits per heavy atom. The van der Waals surface area contributed by atoms with Gasteiger partial charge in [0, 0.05) is 0 Å². The highest BCUT2D eigenvalue weighted by molar-refractivity contribution is 5.03. The zero-order chi connectivity index (χ0) is 15.5. The molecule has 0 saturated carbocycles. The van der Waals surface area contributed by atoms with Crippen LogP contribution in [0.25, 0.3) is 0 Å². The topological polar surface area (TPSA) is 18.5 Å². The van der Waals surface area contributed by atoms with Crippen molar-refractivity contribution in [3.05, 3.63) is 34.8 Å². The van der Waals surface area contributed by atoms with Crippen molar-refractivity contribution in [3.63, 3.8) is 0 Å². The van der Waals surface area contributed by atoms with Gasteiger partial charge in [0.25, 0.3) is 0 Å². The highest BCUT2D eigenvalue weighted by atomic mass is 16.5. The van der Waals surface area contributed by atoms with Gasteiger partial charge in [0.1, 0.15) is 18.1 Å². The van der Waals surface area contributed by atoms with Crippen LogP contribution in [0.5, 0.6) is 0 Å². The molecule has 0 aliphatic heterocycles. The van der Waals surface area contributed by atoms with Crippen molar-refractivity contribution in [1.82, 2.24) is 0 Å². The highest BCUT2D eigenvalue weighted by Gasteiger charge is 2.03. The fraction of sp³-hybridized carbons (Fsp3) is 0.667. The van der Waals surface area contributed by atoms with E-state index >= 15 is 0 Å². The summed E-state index contributed by atoms with van der Waals surface area (Å²) >= 11 is 0. The van der Waals surface area contributed by atoms with Crippen LogP contribution >= 0.6 is 0 Å². The van der Waals surface area contributed by atoms with Crippen molar-refractivity contribution in [2.45, 2.75) is 73.8 Å². The molecule has 0 aliphatic rings. The van der Waals surface area contributed by atoms with Gasteiger partial charge >= 0.3 is 0 Å². The van der Waals surface area contributed by atoms with E-state index in [0.717, 1.165) is 30.8 Å². The Labute approximate surface area is 125 Å². The molecule has 1 unspecified atom stereocenters. The largest absolute Gasteiger partial charge is 0.492 e. The van der Waals surface area contributed by atoms with Crippen LogP contribution in [0.2, 0.25) is 0 Å². The monoisotopic (exact) mass is 280 g/mol. The molecule has 0 saturated heterocycles. The van der Waals surface area contributed by atoms with Crippen molar-refractivity contribution >= 4 is 0 Å². The summed E-state index contributed by atoms with van der Waals surface area (Å²) in [5, 5.41) is 0. The van der Waals surface area contributed by atoms with Crippen LogP contribution < -0.4 is 0 Å². The van der Waals surface area contributed by atoms with Gasteiger partial charge in [-0.2, -0.15) is 0 Å². The van der Waals surface area contributed by atoms with E-state index in [9.17, 15) is 0 Å². The maximum absolute atomic E-state index is 5.74. The lowest BCUT2D eigenvalue weighted by atomic mass is 10.1. The molecular weight excluding hydrogens is 248 g/mol. The molecule has 1 atom stereocenters. The van der Waals surface area contributed by atoms with Gasteiger partial charge < -0.3 is 9.47 Å². The van der Waals surface area contributed by atoms with Crippen LogP contribution in [0.15, 0.2) is 34.8 Å². The van der Waals surface area contributed by atoms with Crippen molar-refractivity contribution in [3.8, 4) is 0 Å². The molecule has 0 radical (unpaired) electrons. The third-order valence-electron chi connectivity index (χ3n) is 3.27. The van der Waals surface area contributed by atoms with E-state index < -0.39 is 0 Å². The smallest absolute Gasteiger partial charge is 0.131 e. The Hall–Kier alpha value is -1.18. The minimum absolute atomic E-state index is 0.245. The van der Waals surface area contributed by atoms with Crippen LogP contribution in [0, 0.1) is 0 Å². The third kappa shape index (κ3) is 9.71. The number of allylic oxidation sites excluding steroid dienone is 5. The molecule has 0 aliphatic carbocycles. The molecule has 0 heterocycles. The summed E-state index contributed by atoms with van der Waals surface area (Å²) in [4.78, 5) is 0. The Balaban J connectivity index is 4.14. The molecule has 0 aromatic rings. The zero-order valence-electron chi connectivity index (χ0n) is 14.4. The Kier molecular flexibility index (Phi) is 9.96. The summed E-state index contributed by atoms with van der Waals surface area (Å²) in [5.41, 5.74) is 2.75. The van der Waals surface area contributed by atoms with E-state index in [2.05, 4.69) is 46.8 Å². The molecule has 116 valence electrons. The molecule has 0 N–H and O–H groups in total. The second-order valence-electron chi connectivity index (χ2n) is 5.63. The van der Waals surface area contributed by atoms with Crippen molar-refractivity contribution in [2.24, 2.45) is 0 Å². The van der Waals surface area contributed by atoms with E-state index in [1.807, 2.05) is 13.8 Å². The fourth-order valence-corrected chi connectivity index (χ4v) is 1.57. The number of ether oxygens (including phenoxy) is 2. The molecule has 2 heteroatoms. The van der Waals surface area contributed by atoms with Gasteiger partial charge in [0.2, 0.25) is 0 Å². The summed E-state index contributed by atoms with van der Waals surface area (Å²) in [6.07, 6.45) is 7.88. The second-order valence-corrected chi connectivity index (χ2v) is 5.63. The molecule has 0 spiro atoms. The first-order valence-corrected chi connectivity index (χ1v) is 7.62. The Morgan fingerprint density at radius 3 is 2.20 bits per heavy atom. The first-order valence-electron chi connectivity index (χ1n) is 7.62. The highest BCUT2D eigenvalue weighted by Crippen LogP contribution is 2.12. The van der Waals surface area contributed by atoms with Gasteiger partial charge in [-0.05, 0) is 66.9 Å². The molecule has 0 rings (SSSR count). The summed E-state index contributed by atoms with van der Waals surface area (Å²) in [6.45, 7) is 15.2. The van der Waals surface area contributed by atoms with E-state index in [1.165, 1.54) is 11.1 Å². The maximum Gasteiger partial charge on any atom is 0.131 e. The molecule has 0 aromatic carbocycles. The maximum atomic E-state index is 5.74. The summed E-state index contributed by atoms with van der Waals surface area (Å²) < 4.78 is 11.4. The van der Waals surface area contributed by atoms with Crippen LogP contribution in [-0.2, 0) is 9.47 Å². The van der Waals surface area contributed by atoms with E-state index in [0.29, 0.717) is 6.61 Å². The van der Waals surface area contributed by atoms with E-state index in [-0.39, 0.29) is 6.10 Å². The minimum atomic E-state index is 0.245. The Morgan fingerprint density at radius 1 is 1.00 bits per heavy atom. The second kappa shape index (κ2) is 10.6. The van der Waals surface area contributed by atoms with Crippen molar-refractivity contribution < 1.29 is 9.47 Å². The first-order chi connectivity index (χ1) is 9.36. The van der Waals surface area contributed by atoms with E-state index in [1.54, 1.807) is 0 Å². The van der Waals surface area contributed by atoms with Gasteiger partial charge in [-0.1, -0.05) is 24.1 Å². The lowest BCUT2D eigenvalue weighted by Gasteiger charge is -2.15. The molecule has 0 aromatic heterocycles. The number of hydrogen-bond donors (Lipinski definition) is 0. The van der Waals surface area contributed by atoms with Gasteiger partial charge in [-0.25, -0.2) is 0 Å². The molecule has 0 fully saturated rings. The third-order valence-corrected chi connectivity index (χ3v) is 3.27. The van der Waals surface area contributed by atoms with Crippen molar-refractivity contribution in [2.75, 3.05) is 6.61 Å². The number of rotatable bonds is 9. The predicted molar refractivity (Wildman–Crippen MR) is 87.6 cm³/mol. The van der Waals surface area contributed by atoms with Gasteiger partial charge in [-0.15, -0.1) is 0 Å². The molecular formula is C18H32O2. The molecule has 0 bridgehead atoms. The van der Waals surface area contributed by atoms with Crippen LogP contribution in [0.3, 0.4) is 0 Å². The van der Waals surface area contributed by atoms with E-state index in [4.69, 9.17) is 9.47 Å². The molecule has 0 amide bonds. The average molecular weight is 280 g/mol. The lowest BCUT2D eigenvalue weighted by molar-refractivity contribution is 0.108. The van der Waals surface area contributed by atoms with Crippen molar-refractivity contribution in [1.29, 1.82) is 0 Å². The van der Waals surface area contributed by atoms with Gasteiger partial charge in [-0.3, -0.25) is 0 Å². The average Bonchev–Trinajstić information content (AvgIpc) is 2.37. The summed E-state index contributed by atoms with van der Waals surface area (Å²) in [7, 11) is 0. The quantitative estimate of drug-likeness (QED) is 0.395. The standard InChI is InChI=1S/C18H32O2/c1-8-16(5)20-18(7)17(6)19-13-12-15(4)11-9-10-14(2)3/h10,12,16H,8-9,11,13H2,1-7H3/b15-12-,18-17-. The first kappa shape index (κ1) is 18.8. The molecule has 20 heavy (non-hydrogen) atoms. The van der Waals surface area contributed by atoms with Gasteiger partial charge in [0.05, 0.1) is 6.10 Å². The van der Waals surface area contributed by atoms with Crippen LogP contribution in [0.4, 0.5) is 0 Å². The predicted octanol–water partition coefficient (Wildman–Crippen LogP) is 5.76. The van der Waals surface area contributed by atoms with Crippen LogP contribution in [-0.4, -0.2) is 12.7 Å². The number of hydrogen-bond acceptors (Lipinski definition) is 2. The van der Waals surface area contributed by atoms with Crippen LogP contribution in [0.1, 0.15) is 67.7 Å². The minimum Gasteiger partial charge on any atom is -0.492 e. The summed E-state index contributed by atoms with van der Waals surface area (Å²) in [5.74, 6) is 1.76. The van der Waals surface area contributed by atoms with Gasteiger partial charge in [0.15, 0.2) is 0 Å². The molecule has 2 nitrogen and oxygen atoms in total. The fourth-order valence-electron chi connectivity index (χ4n) is 1.57. The Bertz CT molecular complexity index is 358.